The Balaban J connectivity index is 2.01. The van der Waals surface area contributed by atoms with Gasteiger partial charge in [-0.1, -0.05) is 105 Å². The number of ether oxygens (including phenoxy) is 1. The van der Waals surface area contributed by atoms with Crippen molar-refractivity contribution in [3.05, 3.63) is 108 Å². The molecular weight excluding hydrogens is 372 g/mol. The van der Waals surface area contributed by atoms with Crippen molar-refractivity contribution in [3.63, 3.8) is 0 Å². The Morgan fingerprint density at radius 2 is 1.17 bits per heavy atom. The second-order valence-corrected chi connectivity index (χ2v) is 8.78. The molecule has 1 unspecified atom stereocenters. The topological polar surface area (TPSA) is 46.5 Å². The van der Waals surface area contributed by atoms with Crippen LogP contribution in [0.25, 0.3) is 0 Å². The summed E-state index contributed by atoms with van der Waals surface area (Å²) in [4.78, 5) is 13.6. The molecule has 3 nitrogen and oxygen atoms in total. The normalized spacial score (nSPS) is 14.0. The van der Waals surface area contributed by atoms with Crippen molar-refractivity contribution in [1.82, 2.24) is 0 Å². The molecular formula is C27H30O3. The number of hydrogen-bond donors (Lipinski definition) is 1. The van der Waals surface area contributed by atoms with Crippen molar-refractivity contribution in [3.8, 4) is 0 Å². The van der Waals surface area contributed by atoms with Gasteiger partial charge in [0.1, 0.15) is 5.60 Å². The first-order chi connectivity index (χ1) is 14.2. The second-order valence-electron chi connectivity index (χ2n) is 8.78. The highest BCUT2D eigenvalue weighted by molar-refractivity contribution is 5.83. The molecule has 1 atom stereocenters. The molecule has 0 aromatic heterocycles. The van der Waals surface area contributed by atoms with Crippen molar-refractivity contribution >= 4 is 5.97 Å². The summed E-state index contributed by atoms with van der Waals surface area (Å²) < 4.78 is 5.98. The maximum Gasteiger partial charge on any atom is 0.340 e. The highest BCUT2D eigenvalue weighted by Crippen LogP contribution is 2.40. The van der Waals surface area contributed by atoms with E-state index in [1.165, 1.54) is 0 Å². The molecule has 1 N–H and O–H groups in total. The molecule has 30 heavy (non-hydrogen) atoms. The highest BCUT2D eigenvalue weighted by Gasteiger charge is 2.53. The third kappa shape index (κ3) is 4.31. The first kappa shape index (κ1) is 21.8. The van der Waals surface area contributed by atoms with Crippen molar-refractivity contribution in [2.45, 2.75) is 50.7 Å². The van der Waals surface area contributed by atoms with Gasteiger partial charge in [0.2, 0.25) is 0 Å². The van der Waals surface area contributed by atoms with Crippen molar-refractivity contribution in [2.24, 2.45) is 0 Å². The van der Waals surface area contributed by atoms with Crippen molar-refractivity contribution in [2.75, 3.05) is 0 Å². The minimum atomic E-state index is -1.76. The van der Waals surface area contributed by atoms with Crippen molar-refractivity contribution < 1.29 is 14.6 Å². The van der Waals surface area contributed by atoms with E-state index in [4.69, 9.17) is 4.74 Å². The summed E-state index contributed by atoms with van der Waals surface area (Å²) >= 11 is 0. The molecule has 3 heteroatoms. The van der Waals surface area contributed by atoms with Gasteiger partial charge in [-0.05, 0) is 30.5 Å². The third-order valence-corrected chi connectivity index (χ3v) is 5.99. The average molecular weight is 403 g/mol. The fraction of sp³-hybridized carbons (Fsp3) is 0.296. The molecule has 0 aliphatic rings. The lowest BCUT2D eigenvalue weighted by Gasteiger charge is -2.43. The van der Waals surface area contributed by atoms with Crippen LogP contribution in [0.1, 0.15) is 44.4 Å². The van der Waals surface area contributed by atoms with Gasteiger partial charge in [0.25, 0.3) is 0 Å². The molecule has 0 saturated heterocycles. The average Bonchev–Trinajstić information content (AvgIpc) is 2.75. The number of carbonyl (C=O) groups is 1. The molecule has 0 aliphatic carbocycles. The lowest BCUT2D eigenvalue weighted by Crippen LogP contribution is -2.57. The summed E-state index contributed by atoms with van der Waals surface area (Å²) in [7, 11) is 0. The number of aliphatic hydroxyl groups is 1. The Kier molecular flexibility index (Phi) is 6.14. The van der Waals surface area contributed by atoms with Crippen LogP contribution in [0.15, 0.2) is 91.0 Å². The molecule has 156 valence electrons. The van der Waals surface area contributed by atoms with Crippen LogP contribution in [-0.4, -0.2) is 16.7 Å². The van der Waals surface area contributed by atoms with Crippen LogP contribution in [0.5, 0.6) is 0 Å². The predicted octanol–water partition coefficient (Wildman–Crippen LogP) is 5.42. The van der Waals surface area contributed by atoms with E-state index in [9.17, 15) is 9.90 Å². The summed E-state index contributed by atoms with van der Waals surface area (Å²) in [6, 6.07) is 28.8. The van der Waals surface area contributed by atoms with Crippen LogP contribution in [0.4, 0.5) is 0 Å². The Bertz CT molecular complexity index is 963. The number of carbonyl (C=O) groups excluding carboxylic acids is 1. The third-order valence-electron chi connectivity index (χ3n) is 5.99. The van der Waals surface area contributed by atoms with Gasteiger partial charge >= 0.3 is 5.97 Å². The monoisotopic (exact) mass is 402 g/mol. The largest absolute Gasteiger partial charge is 0.453 e. The van der Waals surface area contributed by atoms with E-state index < -0.39 is 22.6 Å². The standard InChI is InChI=1S/C27H30O3/c1-25(2,22-16-10-6-11-17-22)27(29,20-21-14-8-5-9-15-21)24(28)30-26(3,4)23-18-12-7-13-19-23/h5-19,29H,20H2,1-4H3. The molecule has 0 saturated carbocycles. The molecule has 3 aromatic rings. The van der Waals surface area contributed by atoms with Crippen LogP contribution in [0, 0.1) is 0 Å². The van der Waals surface area contributed by atoms with Gasteiger partial charge < -0.3 is 9.84 Å². The number of benzene rings is 3. The minimum absolute atomic E-state index is 0.152. The summed E-state index contributed by atoms with van der Waals surface area (Å²) in [5.74, 6) is -0.631. The number of rotatable bonds is 7. The Labute approximate surface area is 179 Å². The molecule has 3 rings (SSSR count). The maximum absolute atomic E-state index is 13.6. The number of esters is 1. The second kappa shape index (κ2) is 8.45. The van der Waals surface area contributed by atoms with E-state index in [-0.39, 0.29) is 6.42 Å². The number of hydrogen-bond acceptors (Lipinski definition) is 3. The lowest BCUT2D eigenvalue weighted by atomic mass is 9.67. The molecule has 0 aliphatic heterocycles. The van der Waals surface area contributed by atoms with Gasteiger partial charge in [0, 0.05) is 11.8 Å². The van der Waals surface area contributed by atoms with E-state index in [2.05, 4.69) is 0 Å². The van der Waals surface area contributed by atoms with E-state index >= 15 is 0 Å². The molecule has 0 amide bonds. The summed E-state index contributed by atoms with van der Waals surface area (Å²) in [6.45, 7) is 7.47. The van der Waals surface area contributed by atoms with Crippen LogP contribution in [0.2, 0.25) is 0 Å². The lowest BCUT2D eigenvalue weighted by molar-refractivity contribution is -0.187. The Morgan fingerprint density at radius 3 is 1.67 bits per heavy atom. The van der Waals surface area contributed by atoms with Gasteiger partial charge in [0.05, 0.1) is 0 Å². The SMILES string of the molecule is CC(C)(OC(=O)C(O)(Cc1ccccc1)C(C)(C)c1ccccc1)c1ccccc1. The van der Waals surface area contributed by atoms with E-state index in [1.807, 2.05) is 119 Å². The zero-order chi connectivity index (χ0) is 21.8. The Hall–Kier alpha value is -2.91. The minimum Gasteiger partial charge on any atom is -0.453 e. The zero-order valence-corrected chi connectivity index (χ0v) is 18.1. The van der Waals surface area contributed by atoms with Crippen LogP contribution < -0.4 is 0 Å². The van der Waals surface area contributed by atoms with Gasteiger partial charge in [-0.2, -0.15) is 0 Å². The smallest absolute Gasteiger partial charge is 0.340 e. The molecule has 0 fully saturated rings. The molecule has 0 bridgehead atoms. The fourth-order valence-electron chi connectivity index (χ4n) is 3.75. The van der Waals surface area contributed by atoms with Gasteiger partial charge in [0.15, 0.2) is 5.60 Å². The summed E-state index contributed by atoms with van der Waals surface area (Å²) in [5.41, 5.74) is -0.903. The summed E-state index contributed by atoms with van der Waals surface area (Å²) in [5, 5.41) is 12.0. The van der Waals surface area contributed by atoms with Crippen LogP contribution in [0.3, 0.4) is 0 Å². The highest BCUT2D eigenvalue weighted by atomic mass is 16.6. The van der Waals surface area contributed by atoms with E-state index in [0.717, 1.165) is 16.7 Å². The van der Waals surface area contributed by atoms with E-state index in [0.29, 0.717) is 0 Å². The zero-order valence-electron chi connectivity index (χ0n) is 18.1. The molecule has 0 spiro atoms. The predicted molar refractivity (Wildman–Crippen MR) is 120 cm³/mol. The van der Waals surface area contributed by atoms with Gasteiger partial charge in [-0.3, -0.25) is 0 Å². The first-order valence-electron chi connectivity index (χ1n) is 10.3. The fourth-order valence-corrected chi connectivity index (χ4v) is 3.75. The molecule has 0 radical (unpaired) electrons. The maximum atomic E-state index is 13.6. The quantitative estimate of drug-likeness (QED) is 0.537. The van der Waals surface area contributed by atoms with Crippen LogP contribution >= 0.6 is 0 Å². The molecule has 0 heterocycles. The van der Waals surface area contributed by atoms with E-state index in [1.54, 1.807) is 0 Å². The van der Waals surface area contributed by atoms with Crippen LogP contribution in [-0.2, 0) is 27.0 Å². The van der Waals surface area contributed by atoms with Gasteiger partial charge in [-0.15, -0.1) is 0 Å². The van der Waals surface area contributed by atoms with Gasteiger partial charge in [-0.25, -0.2) is 4.79 Å². The summed E-state index contributed by atoms with van der Waals surface area (Å²) in [6.07, 6.45) is 0.152. The Morgan fingerprint density at radius 1 is 0.733 bits per heavy atom. The van der Waals surface area contributed by atoms with Crippen molar-refractivity contribution in [1.29, 1.82) is 0 Å². The molecule has 3 aromatic carbocycles. The first-order valence-corrected chi connectivity index (χ1v) is 10.3.